The van der Waals surface area contributed by atoms with Gasteiger partial charge in [-0.1, -0.05) is 6.92 Å². The van der Waals surface area contributed by atoms with Crippen LogP contribution >= 0.6 is 0 Å². The molecule has 0 amide bonds. The third-order valence-corrected chi connectivity index (χ3v) is 3.48. The maximum atomic E-state index is 13.8. The van der Waals surface area contributed by atoms with Crippen molar-refractivity contribution in [3.8, 4) is 0 Å². The van der Waals surface area contributed by atoms with E-state index in [9.17, 15) is 8.78 Å². The van der Waals surface area contributed by atoms with E-state index in [1.54, 1.807) is 6.20 Å². The Morgan fingerprint density at radius 3 is 2.70 bits per heavy atom. The highest BCUT2D eigenvalue weighted by atomic mass is 19.1. The number of pyridine rings is 1. The highest BCUT2D eigenvalue weighted by Crippen LogP contribution is 2.23. The molecule has 0 radical (unpaired) electrons. The lowest BCUT2D eigenvalue weighted by Crippen LogP contribution is -2.21. The van der Waals surface area contributed by atoms with Gasteiger partial charge in [0.25, 0.3) is 0 Å². The van der Waals surface area contributed by atoms with Gasteiger partial charge in [-0.15, -0.1) is 0 Å². The van der Waals surface area contributed by atoms with Crippen molar-refractivity contribution in [1.82, 2.24) is 10.3 Å². The van der Waals surface area contributed by atoms with Crippen LogP contribution in [0.3, 0.4) is 0 Å². The van der Waals surface area contributed by atoms with Crippen molar-refractivity contribution in [3.05, 3.63) is 65.0 Å². The summed E-state index contributed by atoms with van der Waals surface area (Å²) in [6.07, 6.45) is 4.80. The first kappa shape index (κ1) is 14.6. The van der Waals surface area contributed by atoms with Crippen LogP contribution in [-0.2, 0) is 12.8 Å². The lowest BCUT2D eigenvalue weighted by atomic mass is 9.95. The molecule has 0 aliphatic heterocycles. The van der Waals surface area contributed by atoms with Crippen LogP contribution in [0.2, 0.25) is 0 Å². The molecule has 0 aliphatic rings. The topological polar surface area (TPSA) is 24.9 Å². The van der Waals surface area contributed by atoms with Crippen molar-refractivity contribution < 1.29 is 8.78 Å². The summed E-state index contributed by atoms with van der Waals surface area (Å²) in [5, 5.41) is 3.17. The first-order chi connectivity index (χ1) is 9.65. The minimum atomic E-state index is -0.415. The van der Waals surface area contributed by atoms with Gasteiger partial charge in [0, 0.05) is 18.4 Å². The lowest BCUT2D eigenvalue weighted by molar-refractivity contribution is 0.541. The van der Waals surface area contributed by atoms with Crippen LogP contribution in [0.1, 0.15) is 29.7 Å². The molecule has 0 spiro atoms. The molecule has 106 valence electrons. The van der Waals surface area contributed by atoms with E-state index in [0.29, 0.717) is 12.0 Å². The molecule has 4 heteroatoms. The molecule has 0 saturated heterocycles. The number of halogens is 2. The van der Waals surface area contributed by atoms with Crippen LogP contribution in [-0.4, -0.2) is 12.0 Å². The lowest BCUT2D eigenvalue weighted by Gasteiger charge is -2.20. The highest BCUT2D eigenvalue weighted by Gasteiger charge is 2.16. The second-order valence-electron chi connectivity index (χ2n) is 4.71. The number of hydrogen-bond acceptors (Lipinski definition) is 2. The molecule has 1 unspecified atom stereocenters. The first-order valence-corrected chi connectivity index (χ1v) is 6.69. The molecule has 2 nitrogen and oxygen atoms in total. The van der Waals surface area contributed by atoms with Gasteiger partial charge in [0.1, 0.15) is 11.6 Å². The Bertz CT molecular complexity index is 584. The Hall–Kier alpha value is -1.81. The Balaban J connectivity index is 2.31. The van der Waals surface area contributed by atoms with Crippen molar-refractivity contribution in [2.24, 2.45) is 0 Å². The average Bonchev–Trinajstić information content (AvgIpc) is 2.48. The number of nitrogens with zero attached hydrogens (tertiary/aromatic N) is 1. The standard InChI is InChI=1S/C16H18F2N2/c1-3-11-10-20-7-6-14(11)16(19-2)9-12-8-13(17)4-5-15(12)18/h4-8,10,16,19H,3,9H2,1-2H3. The van der Waals surface area contributed by atoms with Gasteiger partial charge < -0.3 is 5.32 Å². The zero-order chi connectivity index (χ0) is 14.5. The highest BCUT2D eigenvalue weighted by molar-refractivity contribution is 5.29. The Labute approximate surface area is 117 Å². The van der Waals surface area contributed by atoms with E-state index in [4.69, 9.17) is 0 Å². The molecule has 0 bridgehead atoms. The van der Waals surface area contributed by atoms with Crippen LogP contribution in [0.5, 0.6) is 0 Å². The van der Waals surface area contributed by atoms with Gasteiger partial charge in [-0.3, -0.25) is 4.98 Å². The van der Waals surface area contributed by atoms with E-state index in [1.165, 1.54) is 12.1 Å². The predicted octanol–water partition coefficient (Wildman–Crippen LogP) is 3.43. The number of rotatable bonds is 5. The third kappa shape index (κ3) is 3.20. The molecular weight excluding hydrogens is 258 g/mol. The molecule has 1 heterocycles. The molecule has 20 heavy (non-hydrogen) atoms. The molecule has 1 aromatic carbocycles. The van der Waals surface area contributed by atoms with Gasteiger partial charge in [-0.2, -0.15) is 0 Å². The minimum absolute atomic E-state index is 0.0655. The minimum Gasteiger partial charge on any atom is -0.313 e. The van der Waals surface area contributed by atoms with Crippen molar-refractivity contribution in [2.45, 2.75) is 25.8 Å². The summed E-state index contributed by atoms with van der Waals surface area (Å²) in [5.41, 5.74) is 2.57. The smallest absolute Gasteiger partial charge is 0.126 e. The van der Waals surface area contributed by atoms with Crippen LogP contribution in [0.25, 0.3) is 0 Å². The fourth-order valence-electron chi connectivity index (χ4n) is 2.36. The van der Waals surface area contributed by atoms with Crippen LogP contribution in [0, 0.1) is 11.6 Å². The number of nitrogens with one attached hydrogen (secondary N) is 1. The number of aryl methyl sites for hydroxylation is 1. The van der Waals surface area contributed by atoms with Gasteiger partial charge in [0.05, 0.1) is 0 Å². The normalized spacial score (nSPS) is 12.4. The summed E-state index contributed by atoms with van der Waals surface area (Å²) in [6, 6.07) is 5.43. The SMILES string of the molecule is CCc1cnccc1C(Cc1cc(F)ccc1F)NC. The summed E-state index contributed by atoms with van der Waals surface area (Å²) in [5.74, 6) is -0.791. The van der Waals surface area contributed by atoms with E-state index in [0.717, 1.165) is 23.6 Å². The van der Waals surface area contributed by atoms with Crippen molar-refractivity contribution >= 4 is 0 Å². The van der Waals surface area contributed by atoms with Gasteiger partial charge in [-0.05, 0) is 60.8 Å². The van der Waals surface area contributed by atoms with E-state index in [-0.39, 0.29) is 11.9 Å². The maximum absolute atomic E-state index is 13.8. The summed E-state index contributed by atoms with van der Waals surface area (Å²) in [4.78, 5) is 4.11. The second kappa shape index (κ2) is 6.57. The fourth-order valence-corrected chi connectivity index (χ4v) is 2.36. The van der Waals surface area contributed by atoms with E-state index in [1.807, 2.05) is 19.3 Å². The quantitative estimate of drug-likeness (QED) is 0.905. The zero-order valence-electron chi connectivity index (χ0n) is 11.7. The van der Waals surface area contributed by atoms with Gasteiger partial charge in [0.2, 0.25) is 0 Å². The molecule has 0 aliphatic carbocycles. The van der Waals surface area contributed by atoms with Crippen LogP contribution in [0.15, 0.2) is 36.7 Å². The number of hydrogen-bond donors (Lipinski definition) is 1. The number of aromatic nitrogens is 1. The fraction of sp³-hybridized carbons (Fsp3) is 0.312. The summed E-state index contributed by atoms with van der Waals surface area (Å²) in [7, 11) is 1.82. The molecule has 2 rings (SSSR count). The molecule has 1 atom stereocenters. The van der Waals surface area contributed by atoms with Gasteiger partial charge >= 0.3 is 0 Å². The second-order valence-corrected chi connectivity index (χ2v) is 4.71. The Morgan fingerprint density at radius 1 is 1.20 bits per heavy atom. The molecule has 2 aromatic rings. The van der Waals surface area contributed by atoms with Crippen LogP contribution in [0.4, 0.5) is 8.78 Å². The number of benzene rings is 1. The molecular formula is C16H18F2N2. The van der Waals surface area contributed by atoms with Gasteiger partial charge in [0.15, 0.2) is 0 Å². The van der Waals surface area contributed by atoms with Crippen molar-refractivity contribution in [3.63, 3.8) is 0 Å². The molecule has 0 fully saturated rings. The monoisotopic (exact) mass is 276 g/mol. The Kier molecular flexibility index (Phi) is 4.79. The average molecular weight is 276 g/mol. The molecule has 1 aromatic heterocycles. The largest absolute Gasteiger partial charge is 0.313 e. The maximum Gasteiger partial charge on any atom is 0.126 e. The van der Waals surface area contributed by atoms with Crippen LogP contribution < -0.4 is 5.32 Å². The van der Waals surface area contributed by atoms with E-state index >= 15 is 0 Å². The first-order valence-electron chi connectivity index (χ1n) is 6.69. The van der Waals surface area contributed by atoms with E-state index < -0.39 is 5.82 Å². The summed E-state index contributed by atoms with van der Waals surface area (Å²) in [6.45, 7) is 2.05. The van der Waals surface area contributed by atoms with Crippen molar-refractivity contribution in [1.29, 1.82) is 0 Å². The molecule has 0 saturated carbocycles. The third-order valence-electron chi connectivity index (χ3n) is 3.48. The number of likely N-dealkylation sites (N-methyl/N-ethyl adjacent to an activating group) is 1. The van der Waals surface area contributed by atoms with Gasteiger partial charge in [-0.25, -0.2) is 8.78 Å². The Morgan fingerprint density at radius 2 is 2.00 bits per heavy atom. The summed E-state index contributed by atoms with van der Waals surface area (Å²) >= 11 is 0. The van der Waals surface area contributed by atoms with E-state index in [2.05, 4.69) is 17.2 Å². The predicted molar refractivity (Wildman–Crippen MR) is 75.5 cm³/mol. The zero-order valence-corrected chi connectivity index (χ0v) is 11.7. The molecule has 1 N–H and O–H groups in total. The summed E-state index contributed by atoms with van der Waals surface area (Å²) < 4.78 is 27.0. The van der Waals surface area contributed by atoms with Crippen molar-refractivity contribution in [2.75, 3.05) is 7.05 Å².